The largest absolute Gasteiger partial charge is 0.481 e. The predicted molar refractivity (Wildman–Crippen MR) is 100 cm³/mol. The van der Waals surface area contributed by atoms with Crippen molar-refractivity contribution in [3.8, 4) is 0 Å². The molecule has 3 aromatic rings. The number of carboxylic acids is 2. The molecule has 2 atom stereocenters. The maximum atomic E-state index is 11.8. The fourth-order valence-electron chi connectivity index (χ4n) is 3.29. The van der Waals surface area contributed by atoms with E-state index in [4.69, 9.17) is 0 Å². The van der Waals surface area contributed by atoms with Gasteiger partial charge in [0.05, 0.1) is 11.8 Å². The van der Waals surface area contributed by atoms with Gasteiger partial charge < -0.3 is 10.2 Å². The summed E-state index contributed by atoms with van der Waals surface area (Å²) in [5.41, 5.74) is 1.65. The Hall–Kier alpha value is -3.14. The average molecular weight is 348 g/mol. The first-order chi connectivity index (χ1) is 12.5. The molecule has 0 radical (unpaired) electrons. The SMILES string of the molecule is O=C(O)[C@@H](Cc1ccccc1)[C@@H](Cc1ccc2ccccc2c1)C(=O)O. The minimum absolute atomic E-state index is 0.184. The standard InChI is InChI=1S/C22H20O4/c23-21(24)19(13-15-6-2-1-3-7-15)20(22(25)26)14-16-10-11-17-8-4-5-9-18(17)12-16/h1-12,19-20H,13-14H2,(H,23,24)(H,25,26)/t19-,20+/m0/s1. The summed E-state index contributed by atoms with van der Waals surface area (Å²) < 4.78 is 0. The third-order valence-corrected chi connectivity index (χ3v) is 4.69. The fraction of sp³-hybridized carbons (Fsp3) is 0.182. The first kappa shape index (κ1) is 17.7. The van der Waals surface area contributed by atoms with Crippen LogP contribution in [0.15, 0.2) is 72.8 Å². The minimum Gasteiger partial charge on any atom is -0.481 e. The Labute approximate surface area is 151 Å². The summed E-state index contributed by atoms with van der Waals surface area (Å²) in [4.78, 5) is 23.6. The highest BCUT2D eigenvalue weighted by atomic mass is 16.4. The van der Waals surface area contributed by atoms with E-state index in [-0.39, 0.29) is 12.8 Å². The molecule has 0 spiro atoms. The third kappa shape index (κ3) is 4.09. The van der Waals surface area contributed by atoms with E-state index >= 15 is 0 Å². The molecule has 4 heteroatoms. The molecule has 4 nitrogen and oxygen atoms in total. The van der Waals surface area contributed by atoms with E-state index in [9.17, 15) is 19.8 Å². The van der Waals surface area contributed by atoms with Crippen LogP contribution < -0.4 is 0 Å². The van der Waals surface area contributed by atoms with Crippen LogP contribution in [0.1, 0.15) is 11.1 Å². The minimum atomic E-state index is -1.08. The van der Waals surface area contributed by atoms with Crippen molar-refractivity contribution in [1.82, 2.24) is 0 Å². The first-order valence-electron chi connectivity index (χ1n) is 8.52. The van der Waals surface area contributed by atoms with Crippen molar-refractivity contribution in [2.24, 2.45) is 11.8 Å². The van der Waals surface area contributed by atoms with E-state index in [1.807, 2.05) is 72.8 Å². The summed E-state index contributed by atoms with van der Waals surface area (Å²) in [6, 6.07) is 22.7. The lowest BCUT2D eigenvalue weighted by Gasteiger charge is -2.21. The molecule has 0 saturated heterocycles. The molecule has 3 aromatic carbocycles. The zero-order chi connectivity index (χ0) is 18.5. The van der Waals surface area contributed by atoms with Gasteiger partial charge in [0.25, 0.3) is 0 Å². The van der Waals surface area contributed by atoms with E-state index in [0.717, 1.165) is 21.9 Å². The number of aliphatic carboxylic acids is 2. The summed E-state index contributed by atoms with van der Waals surface area (Å²) in [5.74, 6) is -4.14. The molecule has 0 aliphatic rings. The molecule has 0 aliphatic heterocycles. The zero-order valence-corrected chi connectivity index (χ0v) is 14.2. The Morgan fingerprint density at radius 3 is 1.81 bits per heavy atom. The molecule has 0 heterocycles. The monoisotopic (exact) mass is 348 g/mol. The lowest BCUT2D eigenvalue weighted by molar-refractivity contribution is -0.153. The number of hydrogen-bond acceptors (Lipinski definition) is 2. The second-order valence-electron chi connectivity index (χ2n) is 6.46. The number of fused-ring (bicyclic) bond motifs is 1. The number of hydrogen-bond donors (Lipinski definition) is 2. The molecular formula is C22H20O4. The lowest BCUT2D eigenvalue weighted by Crippen LogP contribution is -2.33. The Kier molecular flexibility index (Phi) is 5.32. The van der Waals surface area contributed by atoms with Crippen LogP contribution >= 0.6 is 0 Å². The van der Waals surface area contributed by atoms with Crippen LogP contribution in [0.25, 0.3) is 10.8 Å². The van der Waals surface area contributed by atoms with Gasteiger partial charge in [-0.15, -0.1) is 0 Å². The van der Waals surface area contributed by atoms with Crippen LogP contribution in [0, 0.1) is 11.8 Å². The van der Waals surface area contributed by atoms with Gasteiger partial charge >= 0.3 is 11.9 Å². The highest BCUT2D eigenvalue weighted by molar-refractivity contribution is 5.84. The first-order valence-corrected chi connectivity index (χ1v) is 8.52. The molecule has 3 rings (SSSR count). The molecule has 0 unspecified atom stereocenters. The molecular weight excluding hydrogens is 328 g/mol. The summed E-state index contributed by atoms with van der Waals surface area (Å²) in [7, 11) is 0. The van der Waals surface area contributed by atoms with E-state index in [1.54, 1.807) is 0 Å². The topological polar surface area (TPSA) is 74.6 Å². The number of carbonyl (C=O) groups is 2. The van der Waals surface area contributed by atoms with Gasteiger partial charge in [0.15, 0.2) is 0 Å². The summed E-state index contributed by atoms with van der Waals surface area (Å²) in [6.45, 7) is 0. The highest BCUT2D eigenvalue weighted by Gasteiger charge is 2.34. The van der Waals surface area contributed by atoms with Gasteiger partial charge in [-0.1, -0.05) is 72.8 Å². The molecule has 2 N–H and O–H groups in total. The smallest absolute Gasteiger partial charge is 0.307 e. The van der Waals surface area contributed by atoms with Gasteiger partial charge in [0.1, 0.15) is 0 Å². The molecule has 0 fully saturated rings. The van der Waals surface area contributed by atoms with Crippen molar-refractivity contribution in [1.29, 1.82) is 0 Å². The van der Waals surface area contributed by atoms with Crippen LogP contribution in [-0.4, -0.2) is 22.2 Å². The molecule has 0 amide bonds. The van der Waals surface area contributed by atoms with Gasteiger partial charge in [0, 0.05) is 0 Å². The summed E-state index contributed by atoms with van der Waals surface area (Å²) in [5, 5.41) is 21.4. The van der Waals surface area contributed by atoms with Gasteiger partial charge in [-0.3, -0.25) is 9.59 Å². The van der Waals surface area contributed by atoms with Crippen LogP contribution in [0.5, 0.6) is 0 Å². The maximum Gasteiger partial charge on any atom is 0.307 e. The normalized spacial score (nSPS) is 13.2. The van der Waals surface area contributed by atoms with Crippen molar-refractivity contribution in [3.05, 3.63) is 83.9 Å². The molecule has 0 aromatic heterocycles. The molecule has 132 valence electrons. The third-order valence-electron chi connectivity index (χ3n) is 4.69. The Morgan fingerprint density at radius 2 is 1.19 bits per heavy atom. The van der Waals surface area contributed by atoms with E-state index in [1.165, 1.54) is 0 Å². The van der Waals surface area contributed by atoms with Crippen LogP contribution in [-0.2, 0) is 22.4 Å². The summed E-state index contributed by atoms with van der Waals surface area (Å²) in [6.07, 6.45) is 0.380. The Balaban J connectivity index is 1.87. The van der Waals surface area contributed by atoms with E-state index in [0.29, 0.717) is 0 Å². The van der Waals surface area contributed by atoms with Crippen molar-refractivity contribution in [3.63, 3.8) is 0 Å². The van der Waals surface area contributed by atoms with Crippen molar-refractivity contribution < 1.29 is 19.8 Å². The molecule has 0 aliphatic carbocycles. The van der Waals surface area contributed by atoms with Crippen molar-refractivity contribution in [2.75, 3.05) is 0 Å². The van der Waals surface area contributed by atoms with E-state index < -0.39 is 23.8 Å². The molecule has 0 saturated carbocycles. The van der Waals surface area contributed by atoms with Gasteiger partial charge in [0.2, 0.25) is 0 Å². The second kappa shape index (κ2) is 7.83. The van der Waals surface area contributed by atoms with Crippen molar-refractivity contribution >= 4 is 22.7 Å². The molecule has 26 heavy (non-hydrogen) atoms. The number of benzene rings is 3. The van der Waals surface area contributed by atoms with E-state index in [2.05, 4.69) is 0 Å². The quantitative estimate of drug-likeness (QED) is 0.676. The molecule has 0 bridgehead atoms. The lowest BCUT2D eigenvalue weighted by atomic mass is 9.82. The van der Waals surface area contributed by atoms with Crippen molar-refractivity contribution in [2.45, 2.75) is 12.8 Å². The number of rotatable bonds is 7. The van der Waals surface area contributed by atoms with Crippen LogP contribution in [0.4, 0.5) is 0 Å². The highest BCUT2D eigenvalue weighted by Crippen LogP contribution is 2.25. The Bertz CT molecular complexity index is 918. The average Bonchev–Trinajstić information content (AvgIpc) is 2.65. The summed E-state index contributed by atoms with van der Waals surface area (Å²) >= 11 is 0. The van der Waals surface area contributed by atoms with Gasteiger partial charge in [-0.05, 0) is 34.7 Å². The van der Waals surface area contributed by atoms with Gasteiger partial charge in [-0.2, -0.15) is 0 Å². The predicted octanol–water partition coefficient (Wildman–Crippen LogP) is 4.03. The zero-order valence-electron chi connectivity index (χ0n) is 14.2. The van der Waals surface area contributed by atoms with Crippen LogP contribution in [0.2, 0.25) is 0 Å². The maximum absolute atomic E-state index is 11.8. The fourth-order valence-corrected chi connectivity index (χ4v) is 3.29. The number of carboxylic acid groups (broad SMARTS) is 2. The van der Waals surface area contributed by atoms with Gasteiger partial charge in [-0.25, -0.2) is 0 Å². The Morgan fingerprint density at radius 1 is 0.654 bits per heavy atom. The van der Waals surface area contributed by atoms with Crippen LogP contribution in [0.3, 0.4) is 0 Å². The second-order valence-corrected chi connectivity index (χ2v) is 6.46.